The van der Waals surface area contributed by atoms with Gasteiger partial charge in [-0.2, -0.15) is 10.2 Å². The van der Waals surface area contributed by atoms with Crippen LogP contribution in [0.25, 0.3) is 0 Å². The number of aryl methyl sites for hydroxylation is 1. The number of alkyl halides is 2. The van der Waals surface area contributed by atoms with E-state index in [2.05, 4.69) is 15.5 Å². The van der Waals surface area contributed by atoms with Gasteiger partial charge >= 0.3 is 0 Å². The molecule has 22 heavy (non-hydrogen) atoms. The zero-order valence-electron chi connectivity index (χ0n) is 11.8. The third-order valence-electron chi connectivity index (χ3n) is 3.40. The topological polar surface area (TPSA) is 64.7 Å². The van der Waals surface area contributed by atoms with Gasteiger partial charge in [0, 0.05) is 25.2 Å². The van der Waals surface area contributed by atoms with Crippen LogP contribution in [0.5, 0.6) is 0 Å². The Labute approximate surface area is 130 Å². The highest BCUT2D eigenvalue weighted by atomic mass is 35.5. The van der Waals surface area contributed by atoms with Gasteiger partial charge < -0.3 is 5.32 Å². The zero-order chi connectivity index (χ0) is 15.9. The fourth-order valence-corrected chi connectivity index (χ4v) is 2.65. The second-order valence-corrected chi connectivity index (χ2v) is 5.62. The number of amides is 1. The van der Waals surface area contributed by atoms with Crippen molar-refractivity contribution in [3.63, 3.8) is 0 Å². The number of anilines is 1. The van der Waals surface area contributed by atoms with Crippen molar-refractivity contribution in [2.75, 3.05) is 5.32 Å². The van der Waals surface area contributed by atoms with Crippen molar-refractivity contribution in [2.45, 2.75) is 31.7 Å². The van der Waals surface area contributed by atoms with E-state index < -0.39 is 12.1 Å². The predicted octanol–water partition coefficient (Wildman–Crippen LogP) is 2.72. The van der Waals surface area contributed by atoms with E-state index in [1.54, 1.807) is 24.0 Å². The monoisotopic (exact) mass is 329 g/mol. The molecule has 118 valence electrons. The van der Waals surface area contributed by atoms with Crippen molar-refractivity contribution in [1.29, 1.82) is 0 Å². The lowest BCUT2D eigenvalue weighted by Gasteiger charge is -2.06. The fraction of sp³-hybridized carbons (Fsp3) is 0.462. The zero-order valence-corrected chi connectivity index (χ0v) is 12.5. The first-order chi connectivity index (χ1) is 10.5. The fourth-order valence-electron chi connectivity index (χ4n) is 2.28. The summed E-state index contributed by atoms with van der Waals surface area (Å²) in [6, 6.07) is 1.64. The first-order valence-corrected chi connectivity index (χ1v) is 7.17. The molecule has 2 heterocycles. The van der Waals surface area contributed by atoms with Crippen LogP contribution in [0.2, 0.25) is 5.02 Å². The third kappa shape index (κ3) is 2.96. The van der Waals surface area contributed by atoms with E-state index in [4.69, 9.17) is 11.6 Å². The van der Waals surface area contributed by atoms with Gasteiger partial charge in [0.1, 0.15) is 12.2 Å². The maximum absolute atomic E-state index is 12.9. The number of nitrogens with zero attached hydrogens (tertiary/aromatic N) is 4. The van der Waals surface area contributed by atoms with Gasteiger partial charge in [-0.25, -0.2) is 8.78 Å². The molecule has 6 nitrogen and oxygen atoms in total. The van der Waals surface area contributed by atoms with Crippen LogP contribution in [-0.4, -0.2) is 25.5 Å². The average molecular weight is 330 g/mol. The van der Waals surface area contributed by atoms with E-state index in [1.165, 1.54) is 4.68 Å². The van der Waals surface area contributed by atoms with E-state index in [1.807, 2.05) is 0 Å². The summed E-state index contributed by atoms with van der Waals surface area (Å²) in [6.45, 7) is -0.172. The van der Waals surface area contributed by atoms with Crippen LogP contribution in [0, 0.1) is 0 Å². The number of hydrogen-bond acceptors (Lipinski definition) is 3. The van der Waals surface area contributed by atoms with Crippen LogP contribution >= 0.6 is 11.6 Å². The minimum atomic E-state index is -2.76. The van der Waals surface area contributed by atoms with Gasteiger partial charge in [-0.15, -0.1) is 0 Å². The Balaban J connectivity index is 1.79. The van der Waals surface area contributed by atoms with Crippen LogP contribution in [0.3, 0.4) is 0 Å². The van der Waals surface area contributed by atoms with Crippen LogP contribution in [0.1, 0.15) is 36.6 Å². The molecule has 2 aromatic rings. The highest BCUT2D eigenvalue weighted by molar-refractivity contribution is 6.32. The molecule has 9 heteroatoms. The van der Waals surface area contributed by atoms with Crippen molar-refractivity contribution in [1.82, 2.24) is 19.6 Å². The molecule has 3 rings (SSSR count). The van der Waals surface area contributed by atoms with Gasteiger partial charge in [0.2, 0.25) is 5.91 Å². The molecule has 0 radical (unpaired) electrons. The van der Waals surface area contributed by atoms with Gasteiger partial charge in [0.15, 0.2) is 5.82 Å². The largest absolute Gasteiger partial charge is 0.308 e. The molecule has 0 aliphatic heterocycles. The molecule has 2 aromatic heterocycles. The molecule has 1 fully saturated rings. The second kappa shape index (κ2) is 5.68. The van der Waals surface area contributed by atoms with Gasteiger partial charge in [0.25, 0.3) is 6.43 Å². The Morgan fingerprint density at radius 3 is 2.77 bits per heavy atom. The molecule has 0 spiro atoms. The number of hydrogen-bond donors (Lipinski definition) is 1. The summed E-state index contributed by atoms with van der Waals surface area (Å²) in [7, 11) is 1.73. The molecule has 1 saturated carbocycles. The predicted molar refractivity (Wildman–Crippen MR) is 76.0 cm³/mol. The minimum Gasteiger partial charge on any atom is -0.308 e. The van der Waals surface area contributed by atoms with Crippen molar-refractivity contribution in [3.05, 3.63) is 28.7 Å². The van der Waals surface area contributed by atoms with Crippen LogP contribution in [0.4, 0.5) is 14.6 Å². The molecular weight excluding hydrogens is 316 g/mol. The quantitative estimate of drug-likeness (QED) is 0.917. The van der Waals surface area contributed by atoms with Crippen molar-refractivity contribution >= 4 is 23.3 Å². The highest BCUT2D eigenvalue weighted by Gasteiger charge is 2.34. The Morgan fingerprint density at radius 2 is 2.23 bits per heavy atom. The number of rotatable bonds is 5. The first-order valence-electron chi connectivity index (χ1n) is 6.79. The summed E-state index contributed by atoms with van der Waals surface area (Å²) in [6.07, 6.45) is 0.668. The minimum absolute atomic E-state index is 0.0249. The number of carbonyl (C=O) groups is 1. The lowest BCUT2D eigenvalue weighted by atomic mass is 10.2. The SMILES string of the molecule is Cn1ccc(NC(=O)Cn2nc(C(F)F)c(Cl)c2C2CC2)n1. The van der Waals surface area contributed by atoms with Gasteiger partial charge in [-0.1, -0.05) is 11.6 Å². The molecule has 1 aliphatic carbocycles. The lowest BCUT2D eigenvalue weighted by Crippen LogP contribution is -2.21. The number of carbonyl (C=O) groups excluding carboxylic acids is 1. The Kier molecular flexibility index (Phi) is 3.86. The van der Waals surface area contributed by atoms with Crippen molar-refractivity contribution in [3.8, 4) is 0 Å². The molecule has 0 aromatic carbocycles. The van der Waals surface area contributed by atoms with E-state index in [0.29, 0.717) is 11.5 Å². The summed E-state index contributed by atoms with van der Waals surface area (Å²) in [5.41, 5.74) is 0.0577. The third-order valence-corrected chi connectivity index (χ3v) is 3.79. The summed E-state index contributed by atoms with van der Waals surface area (Å²) in [5.74, 6) is 0.114. The smallest absolute Gasteiger partial charge is 0.283 e. The summed E-state index contributed by atoms with van der Waals surface area (Å²) >= 11 is 6.00. The average Bonchev–Trinajstić information content (AvgIpc) is 3.10. The van der Waals surface area contributed by atoms with E-state index in [0.717, 1.165) is 12.8 Å². The molecule has 0 saturated heterocycles. The molecule has 1 amide bonds. The summed E-state index contributed by atoms with van der Waals surface area (Å²) in [4.78, 5) is 12.0. The Hall–Kier alpha value is -1.96. The normalized spacial score (nSPS) is 14.6. The summed E-state index contributed by atoms with van der Waals surface area (Å²) < 4.78 is 28.7. The van der Waals surface area contributed by atoms with Crippen molar-refractivity contribution in [2.24, 2.45) is 7.05 Å². The Morgan fingerprint density at radius 1 is 1.50 bits per heavy atom. The lowest BCUT2D eigenvalue weighted by molar-refractivity contribution is -0.117. The standard InChI is InChI=1S/C13H14ClF2N5O/c1-20-5-4-8(18-20)17-9(22)6-21-12(7-2-3-7)10(14)11(19-21)13(15)16/h4-5,7,13H,2-3,6H2,1H3,(H,17,18,22). The highest BCUT2D eigenvalue weighted by Crippen LogP contribution is 2.45. The van der Waals surface area contributed by atoms with E-state index in [-0.39, 0.29) is 23.4 Å². The first kappa shape index (κ1) is 15.0. The van der Waals surface area contributed by atoms with Crippen LogP contribution in [0.15, 0.2) is 12.3 Å². The van der Waals surface area contributed by atoms with Crippen LogP contribution < -0.4 is 5.32 Å². The number of aromatic nitrogens is 4. The molecule has 1 aliphatic rings. The molecule has 0 unspecified atom stereocenters. The molecule has 0 atom stereocenters. The van der Waals surface area contributed by atoms with Gasteiger partial charge in [-0.3, -0.25) is 14.2 Å². The maximum Gasteiger partial charge on any atom is 0.283 e. The maximum atomic E-state index is 12.9. The van der Waals surface area contributed by atoms with Gasteiger partial charge in [-0.05, 0) is 12.8 Å². The molecule has 0 bridgehead atoms. The Bertz CT molecular complexity index is 707. The summed E-state index contributed by atoms with van der Waals surface area (Å²) in [5, 5.41) is 10.4. The van der Waals surface area contributed by atoms with Crippen molar-refractivity contribution < 1.29 is 13.6 Å². The van der Waals surface area contributed by atoms with Gasteiger partial charge in [0.05, 0.1) is 10.7 Å². The second-order valence-electron chi connectivity index (χ2n) is 5.24. The number of halogens is 3. The molecule has 1 N–H and O–H groups in total. The number of nitrogens with one attached hydrogen (secondary N) is 1. The molecular formula is C13H14ClF2N5O. The van der Waals surface area contributed by atoms with Crippen LogP contribution in [-0.2, 0) is 18.4 Å². The van der Waals surface area contributed by atoms with E-state index in [9.17, 15) is 13.6 Å². The van der Waals surface area contributed by atoms with E-state index >= 15 is 0 Å².